The Balaban J connectivity index is 0.00000280. The van der Waals surface area contributed by atoms with E-state index in [4.69, 9.17) is 4.74 Å². The lowest BCUT2D eigenvalue weighted by Crippen LogP contribution is -2.44. The van der Waals surface area contributed by atoms with E-state index in [-0.39, 0.29) is 24.0 Å². The highest BCUT2D eigenvalue weighted by Crippen LogP contribution is 2.21. The van der Waals surface area contributed by atoms with E-state index in [0.29, 0.717) is 0 Å². The summed E-state index contributed by atoms with van der Waals surface area (Å²) in [5.74, 6) is 2.57. The van der Waals surface area contributed by atoms with Crippen molar-refractivity contribution in [3.8, 4) is 0 Å². The minimum absolute atomic E-state index is 0. The molecule has 0 spiro atoms. The standard InChI is InChI=1S/C22H36N4O.HI/c1-23-22(24-17-20-8-11-25(12-9-20)14-15-27-2)26-13-10-21(18-26)16-19-6-4-3-5-7-19;/h3-7,20-21H,8-18H2,1-2H3,(H,23,24);1H. The fraction of sp³-hybridized carbons (Fsp3) is 0.682. The third-order valence-electron chi connectivity index (χ3n) is 6.03. The molecule has 5 nitrogen and oxygen atoms in total. The SMILES string of the molecule is CN=C(NCC1CCN(CCOC)CC1)N1CCC(Cc2ccccc2)C1.I. The predicted octanol–water partition coefficient (Wildman–Crippen LogP) is 3.10. The van der Waals surface area contributed by atoms with Gasteiger partial charge in [-0.2, -0.15) is 0 Å². The van der Waals surface area contributed by atoms with Crippen LogP contribution in [0.15, 0.2) is 35.3 Å². The van der Waals surface area contributed by atoms with Crippen LogP contribution in [0, 0.1) is 11.8 Å². The molecule has 0 amide bonds. The first-order valence-electron chi connectivity index (χ1n) is 10.5. The molecule has 28 heavy (non-hydrogen) atoms. The maximum atomic E-state index is 5.19. The van der Waals surface area contributed by atoms with Crippen molar-refractivity contribution in [3.63, 3.8) is 0 Å². The van der Waals surface area contributed by atoms with Crippen LogP contribution >= 0.6 is 24.0 Å². The molecule has 2 heterocycles. The monoisotopic (exact) mass is 500 g/mol. The molecule has 0 aliphatic carbocycles. The van der Waals surface area contributed by atoms with Gasteiger partial charge in [-0.3, -0.25) is 4.99 Å². The molecule has 1 N–H and O–H groups in total. The van der Waals surface area contributed by atoms with Gasteiger partial charge in [0.2, 0.25) is 0 Å². The summed E-state index contributed by atoms with van der Waals surface area (Å²) in [6.07, 6.45) is 4.97. The van der Waals surface area contributed by atoms with E-state index in [9.17, 15) is 0 Å². The molecule has 0 saturated carbocycles. The van der Waals surface area contributed by atoms with Gasteiger partial charge in [0.25, 0.3) is 0 Å². The van der Waals surface area contributed by atoms with Crippen molar-refractivity contribution in [1.82, 2.24) is 15.1 Å². The van der Waals surface area contributed by atoms with E-state index >= 15 is 0 Å². The molecule has 1 atom stereocenters. The number of likely N-dealkylation sites (tertiary alicyclic amines) is 2. The second-order valence-electron chi connectivity index (χ2n) is 8.00. The Bertz CT molecular complexity index is 575. The van der Waals surface area contributed by atoms with Crippen LogP contribution in [0.3, 0.4) is 0 Å². The Morgan fingerprint density at radius 3 is 2.50 bits per heavy atom. The van der Waals surface area contributed by atoms with Gasteiger partial charge in [-0.15, -0.1) is 24.0 Å². The number of halogens is 1. The van der Waals surface area contributed by atoms with E-state index in [1.807, 2.05) is 7.05 Å². The fourth-order valence-electron chi connectivity index (χ4n) is 4.34. The van der Waals surface area contributed by atoms with Crippen LogP contribution in [0.25, 0.3) is 0 Å². The number of piperidine rings is 1. The average Bonchev–Trinajstić information content (AvgIpc) is 3.17. The van der Waals surface area contributed by atoms with Gasteiger partial charge in [0.1, 0.15) is 0 Å². The Morgan fingerprint density at radius 1 is 1.11 bits per heavy atom. The Labute approximate surface area is 187 Å². The van der Waals surface area contributed by atoms with Crippen molar-refractivity contribution in [2.75, 3.05) is 60.0 Å². The van der Waals surface area contributed by atoms with Gasteiger partial charge in [0.05, 0.1) is 6.61 Å². The normalized spacial score (nSPS) is 21.6. The number of nitrogens with one attached hydrogen (secondary N) is 1. The smallest absolute Gasteiger partial charge is 0.193 e. The molecule has 158 valence electrons. The number of nitrogens with zero attached hydrogens (tertiary/aromatic N) is 3. The van der Waals surface area contributed by atoms with Gasteiger partial charge in [0, 0.05) is 40.3 Å². The second-order valence-corrected chi connectivity index (χ2v) is 8.00. The first kappa shape index (κ1) is 23.4. The number of aliphatic imine (C=N–C) groups is 1. The van der Waals surface area contributed by atoms with Crippen LogP contribution in [-0.4, -0.2) is 75.8 Å². The molecule has 2 saturated heterocycles. The lowest BCUT2D eigenvalue weighted by molar-refractivity contribution is 0.120. The summed E-state index contributed by atoms with van der Waals surface area (Å²) in [7, 11) is 3.70. The number of rotatable bonds is 7. The second kappa shape index (κ2) is 12.6. The molecule has 2 fully saturated rings. The zero-order valence-electron chi connectivity index (χ0n) is 17.5. The van der Waals surface area contributed by atoms with E-state index < -0.39 is 0 Å². The minimum Gasteiger partial charge on any atom is -0.383 e. The molecular formula is C22H37IN4O. The molecule has 2 aliphatic rings. The third-order valence-corrected chi connectivity index (χ3v) is 6.03. The summed E-state index contributed by atoms with van der Waals surface area (Å²) >= 11 is 0. The number of benzene rings is 1. The molecule has 0 bridgehead atoms. The van der Waals surface area contributed by atoms with Crippen LogP contribution in [0.2, 0.25) is 0 Å². The van der Waals surface area contributed by atoms with Crippen LogP contribution in [0.5, 0.6) is 0 Å². The molecule has 0 aromatic heterocycles. The van der Waals surface area contributed by atoms with Gasteiger partial charge < -0.3 is 19.9 Å². The molecule has 2 aliphatic heterocycles. The number of guanidine groups is 1. The fourth-order valence-corrected chi connectivity index (χ4v) is 4.34. The Morgan fingerprint density at radius 2 is 1.82 bits per heavy atom. The first-order chi connectivity index (χ1) is 13.3. The van der Waals surface area contributed by atoms with E-state index in [2.05, 4.69) is 50.4 Å². The Kier molecular flexibility index (Phi) is 10.6. The highest BCUT2D eigenvalue weighted by molar-refractivity contribution is 14.0. The summed E-state index contributed by atoms with van der Waals surface area (Å²) in [6, 6.07) is 10.9. The summed E-state index contributed by atoms with van der Waals surface area (Å²) in [4.78, 5) is 9.52. The van der Waals surface area contributed by atoms with Gasteiger partial charge >= 0.3 is 0 Å². The molecule has 0 radical (unpaired) electrons. The van der Waals surface area contributed by atoms with Crippen molar-refractivity contribution in [2.45, 2.75) is 25.7 Å². The van der Waals surface area contributed by atoms with Gasteiger partial charge in [-0.05, 0) is 56.2 Å². The number of hydrogen-bond acceptors (Lipinski definition) is 3. The van der Waals surface area contributed by atoms with Gasteiger partial charge in [0.15, 0.2) is 5.96 Å². The number of ether oxygens (including phenoxy) is 1. The predicted molar refractivity (Wildman–Crippen MR) is 128 cm³/mol. The third kappa shape index (κ3) is 7.19. The molecule has 1 aromatic carbocycles. The summed E-state index contributed by atoms with van der Waals surface area (Å²) in [6.45, 7) is 7.57. The first-order valence-corrected chi connectivity index (χ1v) is 10.5. The summed E-state index contributed by atoms with van der Waals surface area (Å²) in [5, 5.41) is 3.66. The van der Waals surface area contributed by atoms with Crippen molar-refractivity contribution in [2.24, 2.45) is 16.8 Å². The van der Waals surface area contributed by atoms with Crippen molar-refractivity contribution in [3.05, 3.63) is 35.9 Å². The highest BCUT2D eigenvalue weighted by Gasteiger charge is 2.26. The van der Waals surface area contributed by atoms with E-state index in [0.717, 1.165) is 50.6 Å². The zero-order valence-corrected chi connectivity index (χ0v) is 19.8. The molecule has 1 aromatic rings. The van der Waals surface area contributed by atoms with Crippen LogP contribution in [0.4, 0.5) is 0 Å². The van der Waals surface area contributed by atoms with Gasteiger partial charge in [-0.1, -0.05) is 30.3 Å². The average molecular weight is 500 g/mol. The lowest BCUT2D eigenvalue weighted by atomic mass is 9.97. The van der Waals surface area contributed by atoms with Crippen molar-refractivity contribution < 1.29 is 4.74 Å². The maximum absolute atomic E-state index is 5.19. The largest absolute Gasteiger partial charge is 0.383 e. The Hall–Kier alpha value is -0.860. The van der Waals surface area contributed by atoms with E-state index in [1.165, 1.54) is 44.3 Å². The highest BCUT2D eigenvalue weighted by atomic mass is 127. The van der Waals surface area contributed by atoms with Crippen LogP contribution in [0.1, 0.15) is 24.8 Å². The van der Waals surface area contributed by atoms with Crippen molar-refractivity contribution >= 4 is 29.9 Å². The molecular weight excluding hydrogens is 463 g/mol. The summed E-state index contributed by atoms with van der Waals surface area (Å²) in [5.41, 5.74) is 1.45. The molecule has 1 unspecified atom stereocenters. The van der Waals surface area contributed by atoms with Crippen molar-refractivity contribution in [1.29, 1.82) is 0 Å². The zero-order chi connectivity index (χ0) is 18.9. The van der Waals surface area contributed by atoms with Crippen LogP contribution < -0.4 is 5.32 Å². The van der Waals surface area contributed by atoms with E-state index in [1.54, 1.807) is 7.11 Å². The number of hydrogen-bond donors (Lipinski definition) is 1. The van der Waals surface area contributed by atoms with Crippen LogP contribution in [-0.2, 0) is 11.2 Å². The molecule has 3 rings (SSSR count). The summed E-state index contributed by atoms with van der Waals surface area (Å²) < 4.78 is 5.19. The number of methoxy groups -OCH3 is 1. The topological polar surface area (TPSA) is 40.1 Å². The van der Waals surface area contributed by atoms with Gasteiger partial charge in [-0.25, -0.2) is 0 Å². The quantitative estimate of drug-likeness (QED) is 0.355. The lowest BCUT2D eigenvalue weighted by Gasteiger charge is -2.32. The maximum Gasteiger partial charge on any atom is 0.193 e. The minimum atomic E-state index is 0. The molecule has 6 heteroatoms.